The predicted molar refractivity (Wildman–Crippen MR) is 66.3 cm³/mol. The Morgan fingerprint density at radius 2 is 1.95 bits per heavy atom. The second-order valence-electron chi connectivity index (χ2n) is 4.51. The van der Waals surface area contributed by atoms with E-state index in [1.807, 2.05) is 24.3 Å². The maximum Gasteiger partial charge on any atom is 0.323 e. The molecule has 0 spiro atoms. The summed E-state index contributed by atoms with van der Waals surface area (Å²) >= 11 is 0. The summed E-state index contributed by atoms with van der Waals surface area (Å²) in [5.41, 5.74) is 7.01. The van der Waals surface area contributed by atoms with Crippen LogP contribution in [0.25, 0.3) is 0 Å². The number of carbonyl (C=O) groups excluding carboxylic acids is 2. The van der Waals surface area contributed by atoms with Gasteiger partial charge >= 0.3 is 5.97 Å². The highest BCUT2D eigenvalue weighted by atomic mass is 16.4. The minimum Gasteiger partial charge on any atom is -0.480 e. The van der Waals surface area contributed by atoms with Crippen molar-refractivity contribution < 1.29 is 19.5 Å². The van der Waals surface area contributed by atoms with Crippen molar-refractivity contribution in [3.63, 3.8) is 0 Å². The van der Waals surface area contributed by atoms with E-state index >= 15 is 0 Å². The summed E-state index contributed by atoms with van der Waals surface area (Å²) in [7, 11) is 0. The number of aliphatic carboxylic acids is 1. The number of fused-ring (bicyclic) bond motifs is 1. The number of carbonyl (C=O) groups is 3. The lowest BCUT2D eigenvalue weighted by Gasteiger charge is -2.32. The molecule has 0 saturated heterocycles. The summed E-state index contributed by atoms with van der Waals surface area (Å²) in [5.74, 6) is -2.61. The Labute approximate surface area is 109 Å². The Balaban J connectivity index is 2.13. The highest BCUT2D eigenvalue weighted by Crippen LogP contribution is 2.36. The topological polar surface area (TPSA) is 101 Å². The number of nitrogens with zero attached hydrogens (tertiary/aromatic N) is 1. The predicted octanol–water partition coefficient (Wildman–Crippen LogP) is -0.275. The van der Waals surface area contributed by atoms with Crippen molar-refractivity contribution in [1.29, 1.82) is 0 Å². The molecular weight excluding hydrogens is 248 g/mol. The first-order valence-electron chi connectivity index (χ1n) is 5.85. The van der Waals surface area contributed by atoms with Crippen molar-refractivity contribution >= 4 is 17.8 Å². The molecule has 6 heteroatoms. The van der Waals surface area contributed by atoms with Crippen LogP contribution < -0.4 is 5.73 Å². The molecule has 3 N–H and O–H groups in total. The van der Waals surface area contributed by atoms with Gasteiger partial charge in [-0.3, -0.25) is 14.4 Å². The summed E-state index contributed by atoms with van der Waals surface area (Å²) in [5, 5.41) is 8.77. The number of rotatable bonds is 5. The molecule has 19 heavy (non-hydrogen) atoms. The number of hydrogen-bond acceptors (Lipinski definition) is 3. The van der Waals surface area contributed by atoms with Crippen molar-refractivity contribution in [1.82, 2.24) is 4.90 Å². The molecule has 0 heterocycles. The molecule has 100 valence electrons. The lowest BCUT2D eigenvalue weighted by molar-refractivity contribution is -0.146. The maximum atomic E-state index is 12.2. The van der Waals surface area contributed by atoms with E-state index in [4.69, 9.17) is 10.8 Å². The van der Waals surface area contributed by atoms with Crippen LogP contribution in [0.4, 0.5) is 0 Å². The molecule has 1 aliphatic rings. The Bertz CT molecular complexity index is 525. The average molecular weight is 262 g/mol. The van der Waals surface area contributed by atoms with E-state index in [9.17, 15) is 14.4 Å². The molecule has 2 amide bonds. The molecular formula is C13H14N2O4. The number of carboxylic acid groups (broad SMARTS) is 1. The zero-order valence-electron chi connectivity index (χ0n) is 10.2. The van der Waals surface area contributed by atoms with Gasteiger partial charge in [-0.15, -0.1) is 0 Å². The van der Waals surface area contributed by atoms with Gasteiger partial charge in [0.2, 0.25) is 11.8 Å². The lowest BCUT2D eigenvalue weighted by atomic mass is 9.77. The van der Waals surface area contributed by atoms with E-state index in [1.54, 1.807) is 0 Å². The molecule has 0 saturated carbocycles. The Kier molecular flexibility index (Phi) is 3.50. The second kappa shape index (κ2) is 5.09. The fraction of sp³-hybridized carbons (Fsp3) is 0.308. The first-order valence-corrected chi connectivity index (χ1v) is 5.85. The summed E-state index contributed by atoms with van der Waals surface area (Å²) in [6.45, 7) is -0.885. The third kappa shape index (κ3) is 2.73. The van der Waals surface area contributed by atoms with Crippen molar-refractivity contribution in [3.05, 3.63) is 35.4 Å². The van der Waals surface area contributed by atoms with E-state index < -0.39 is 18.4 Å². The lowest BCUT2D eigenvalue weighted by Crippen LogP contribution is -2.45. The van der Waals surface area contributed by atoms with Gasteiger partial charge in [0.1, 0.15) is 6.54 Å². The van der Waals surface area contributed by atoms with Crippen LogP contribution in [0.3, 0.4) is 0 Å². The molecule has 0 aromatic heterocycles. The van der Waals surface area contributed by atoms with Crippen LogP contribution in [0.1, 0.15) is 17.0 Å². The first-order chi connectivity index (χ1) is 8.99. The molecule has 1 aromatic carbocycles. The van der Waals surface area contributed by atoms with Gasteiger partial charge < -0.3 is 15.7 Å². The van der Waals surface area contributed by atoms with Gasteiger partial charge in [0, 0.05) is 0 Å². The van der Waals surface area contributed by atoms with E-state index in [0.29, 0.717) is 6.42 Å². The molecule has 1 atom stereocenters. The number of carboxylic acids is 1. The van der Waals surface area contributed by atoms with Crippen molar-refractivity contribution in [2.24, 2.45) is 5.73 Å². The van der Waals surface area contributed by atoms with Crippen LogP contribution in [0, 0.1) is 0 Å². The molecule has 2 rings (SSSR count). The highest BCUT2D eigenvalue weighted by Gasteiger charge is 2.35. The van der Waals surface area contributed by atoms with Crippen molar-refractivity contribution in [2.45, 2.75) is 12.3 Å². The zero-order valence-corrected chi connectivity index (χ0v) is 10.2. The van der Waals surface area contributed by atoms with Crippen LogP contribution in [-0.2, 0) is 20.8 Å². The van der Waals surface area contributed by atoms with Crippen LogP contribution >= 0.6 is 0 Å². The smallest absolute Gasteiger partial charge is 0.323 e. The largest absolute Gasteiger partial charge is 0.480 e. The molecule has 6 nitrogen and oxygen atoms in total. The fourth-order valence-corrected chi connectivity index (χ4v) is 2.26. The molecule has 1 unspecified atom stereocenters. The highest BCUT2D eigenvalue weighted by molar-refractivity contribution is 5.92. The Hall–Kier alpha value is -2.37. The van der Waals surface area contributed by atoms with Gasteiger partial charge in [-0.05, 0) is 17.5 Å². The van der Waals surface area contributed by atoms with Gasteiger partial charge in [-0.25, -0.2) is 0 Å². The summed E-state index contributed by atoms with van der Waals surface area (Å²) in [6.07, 6.45) is 0.573. The minimum atomic E-state index is -1.16. The molecule has 1 aromatic rings. The normalized spacial score (nSPS) is 16.1. The Morgan fingerprint density at radius 1 is 1.26 bits per heavy atom. The number of primary amides is 1. The molecule has 0 bridgehead atoms. The van der Waals surface area contributed by atoms with Gasteiger partial charge in [-0.1, -0.05) is 24.3 Å². The number of benzene rings is 1. The zero-order chi connectivity index (χ0) is 14.0. The standard InChI is InChI=1S/C13H14N2O4/c14-11(16)6-15(7-12(17)18)13(19)10-5-8-3-1-2-4-9(8)10/h1-4,10H,5-7H2,(H2,14,16)(H,17,18). The summed E-state index contributed by atoms with van der Waals surface area (Å²) < 4.78 is 0. The van der Waals surface area contributed by atoms with E-state index in [1.165, 1.54) is 0 Å². The van der Waals surface area contributed by atoms with Crippen LogP contribution in [0.5, 0.6) is 0 Å². The molecule has 0 aliphatic heterocycles. The van der Waals surface area contributed by atoms with Crippen LogP contribution in [0.2, 0.25) is 0 Å². The number of nitrogens with two attached hydrogens (primary N) is 1. The third-order valence-corrected chi connectivity index (χ3v) is 3.14. The van der Waals surface area contributed by atoms with E-state index in [-0.39, 0.29) is 18.4 Å². The average Bonchev–Trinajstić information content (AvgIpc) is 2.28. The quantitative estimate of drug-likeness (QED) is 0.762. The van der Waals surface area contributed by atoms with Gasteiger partial charge in [-0.2, -0.15) is 0 Å². The third-order valence-electron chi connectivity index (χ3n) is 3.14. The van der Waals surface area contributed by atoms with Gasteiger partial charge in [0.05, 0.1) is 12.5 Å². The Morgan fingerprint density at radius 3 is 2.53 bits per heavy atom. The van der Waals surface area contributed by atoms with E-state index in [0.717, 1.165) is 16.0 Å². The SMILES string of the molecule is NC(=O)CN(CC(=O)O)C(=O)C1Cc2ccccc21. The summed E-state index contributed by atoms with van der Waals surface area (Å²) in [6, 6.07) is 7.48. The van der Waals surface area contributed by atoms with Gasteiger partial charge in [0.15, 0.2) is 0 Å². The molecule has 0 radical (unpaired) electrons. The fourth-order valence-electron chi connectivity index (χ4n) is 2.26. The van der Waals surface area contributed by atoms with Gasteiger partial charge in [0.25, 0.3) is 0 Å². The van der Waals surface area contributed by atoms with Crippen LogP contribution in [-0.4, -0.2) is 40.9 Å². The minimum absolute atomic E-state index is 0.361. The van der Waals surface area contributed by atoms with Crippen molar-refractivity contribution in [2.75, 3.05) is 13.1 Å². The van der Waals surface area contributed by atoms with Crippen LogP contribution in [0.15, 0.2) is 24.3 Å². The molecule has 1 aliphatic carbocycles. The monoisotopic (exact) mass is 262 g/mol. The van der Waals surface area contributed by atoms with E-state index in [2.05, 4.69) is 0 Å². The summed E-state index contributed by atoms with van der Waals surface area (Å²) in [4.78, 5) is 34.8. The number of amides is 2. The van der Waals surface area contributed by atoms with Crippen molar-refractivity contribution in [3.8, 4) is 0 Å². The first kappa shape index (κ1) is 13.1. The molecule has 0 fully saturated rings. The second-order valence-corrected chi connectivity index (χ2v) is 4.51. The number of hydrogen-bond donors (Lipinski definition) is 2. The maximum absolute atomic E-state index is 12.2.